The minimum Gasteiger partial charge on any atom is -0.463 e. The Kier molecular flexibility index (Phi) is 5.39. The normalized spacial score (nSPS) is 10.4. The molecule has 16 heavy (non-hydrogen) atoms. The van der Waals surface area contributed by atoms with Gasteiger partial charge in [0.1, 0.15) is 0 Å². The highest BCUT2D eigenvalue weighted by Gasteiger charge is 1.95. The second-order valence-electron chi connectivity index (χ2n) is 2.93. The first-order chi connectivity index (χ1) is 7.76. The molecule has 0 amide bonds. The molecular formula is C11H13ClN2O2. The lowest BCUT2D eigenvalue weighted by Gasteiger charge is -2.02. The molecule has 0 fully saturated rings. The number of nitrogens with one attached hydrogen (secondary N) is 2. The molecule has 86 valence electrons. The SMILES string of the molecule is CCOC(=O)C=Cc1cccc(NNCl)c1. The van der Waals surface area contributed by atoms with Crippen LogP contribution in [0.1, 0.15) is 12.5 Å². The van der Waals surface area contributed by atoms with E-state index in [-0.39, 0.29) is 5.97 Å². The summed E-state index contributed by atoms with van der Waals surface area (Å²) in [7, 11) is 0. The smallest absolute Gasteiger partial charge is 0.330 e. The van der Waals surface area contributed by atoms with Crippen LogP contribution in [0.4, 0.5) is 5.69 Å². The van der Waals surface area contributed by atoms with Crippen molar-refractivity contribution in [2.75, 3.05) is 12.0 Å². The zero-order chi connectivity index (χ0) is 11.8. The van der Waals surface area contributed by atoms with Gasteiger partial charge in [-0.25, -0.2) is 4.79 Å². The summed E-state index contributed by atoms with van der Waals surface area (Å²) in [5.41, 5.74) is 4.41. The number of benzene rings is 1. The standard InChI is InChI=1S/C11H13ClN2O2/c1-2-16-11(15)7-6-9-4-3-5-10(8-9)13-14-12/h3-8,13-14H,2H2,1H3. The summed E-state index contributed by atoms with van der Waals surface area (Å²) in [6.07, 6.45) is 3.06. The van der Waals surface area contributed by atoms with E-state index in [0.717, 1.165) is 11.3 Å². The van der Waals surface area contributed by atoms with Crippen molar-refractivity contribution in [1.82, 2.24) is 4.94 Å². The number of hydrogen-bond donors (Lipinski definition) is 2. The summed E-state index contributed by atoms with van der Waals surface area (Å²) in [5.74, 6) is -0.351. The van der Waals surface area contributed by atoms with Crippen LogP contribution in [0.2, 0.25) is 0 Å². The van der Waals surface area contributed by atoms with Gasteiger partial charge in [0.15, 0.2) is 0 Å². The van der Waals surface area contributed by atoms with Crippen LogP contribution < -0.4 is 10.4 Å². The number of rotatable bonds is 5. The Morgan fingerprint density at radius 1 is 1.56 bits per heavy atom. The molecule has 0 atom stereocenters. The molecule has 5 heteroatoms. The topological polar surface area (TPSA) is 50.4 Å². The van der Waals surface area contributed by atoms with Gasteiger partial charge in [-0.05, 0) is 42.5 Å². The quantitative estimate of drug-likeness (QED) is 0.359. The largest absolute Gasteiger partial charge is 0.463 e. The highest BCUT2D eigenvalue weighted by atomic mass is 35.5. The van der Waals surface area contributed by atoms with Gasteiger partial charge in [0.05, 0.1) is 12.3 Å². The van der Waals surface area contributed by atoms with E-state index in [2.05, 4.69) is 10.4 Å². The number of carbonyl (C=O) groups excluding carboxylic acids is 1. The molecule has 0 aliphatic rings. The average Bonchev–Trinajstić information content (AvgIpc) is 2.28. The molecule has 0 aliphatic carbocycles. The lowest BCUT2D eigenvalue weighted by atomic mass is 10.2. The summed E-state index contributed by atoms with van der Waals surface area (Å²) in [4.78, 5) is 13.4. The summed E-state index contributed by atoms with van der Waals surface area (Å²) >= 11 is 5.30. The maximum Gasteiger partial charge on any atom is 0.330 e. The van der Waals surface area contributed by atoms with E-state index in [4.69, 9.17) is 16.5 Å². The van der Waals surface area contributed by atoms with Crippen LogP contribution in [0, 0.1) is 0 Å². The zero-order valence-electron chi connectivity index (χ0n) is 8.87. The van der Waals surface area contributed by atoms with Gasteiger partial charge < -0.3 is 10.2 Å². The number of hydrazine groups is 1. The second-order valence-corrected chi connectivity index (χ2v) is 3.12. The third-order valence-electron chi connectivity index (χ3n) is 1.78. The molecule has 2 N–H and O–H groups in total. The van der Waals surface area contributed by atoms with Gasteiger partial charge >= 0.3 is 5.97 Å². The van der Waals surface area contributed by atoms with E-state index >= 15 is 0 Å². The summed E-state index contributed by atoms with van der Waals surface area (Å²) in [6, 6.07) is 7.40. The van der Waals surface area contributed by atoms with E-state index in [1.165, 1.54) is 6.08 Å². The lowest BCUT2D eigenvalue weighted by Crippen LogP contribution is -2.08. The fraction of sp³-hybridized carbons (Fsp3) is 0.182. The van der Waals surface area contributed by atoms with Crippen LogP contribution in [-0.2, 0) is 9.53 Å². The molecule has 0 saturated heterocycles. The molecule has 4 nitrogen and oxygen atoms in total. The van der Waals surface area contributed by atoms with Gasteiger partial charge in [-0.15, -0.1) is 4.94 Å². The van der Waals surface area contributed by atoms with Gasteiger partial charge in [-0.3, -0.25) is 0 Å². The predicted octanol–water partition coefficient (Wildman–Crippen LogP) is 2.33. The van der Waals surface area contributed by atoms with Crippen molar-refractivity contribution in [2.24, 2.45) is 0 Å². The Hall–Kier alpha value is -1.52. The Labute approximate surface area is 99.3 Å². The number of anilines is 1. The van der Waals surface area contributed by atoms with Crippen molar-refractivity contribution >= 4 is 29.5 Å². The highest BCUT2D eigenvalue weighted by molar-refractivity contribution is 6.13. The fourth-order valence-corrected chi connectivity index (χ4v) is 1.24. The number of halogens is 1. The maximum absolute atomic E-state index is 11.1. The van der Waals surface area contributed by atoms with Crippen LogP contribution in [0.25, 0.3) is 6.08 Å². The molecule has 0 saturated carbocycles. The van der Waals surface area contributed by atoms with Crippen molar-refractivity contribution in [3.8, 4) is 0 Å². The van der Waals surface area contributed by atoms with E-state index in [0.29, 0.717) is 6.61 Å². The summed E-state index contributed by atoms with van der Waals surface area (Å²) in [6.45, 7) is 2.14. The Bertz CT molecular complexity index is 380. The van der Waals surface area contributed by atoms with Crippen molar-refractivity contribution in [3.05, 3.63) is 35.9 Å². The van der Waals surface area contributed by atoms with Crippen molar-refractivity contribution < 1.29 is 9.53 Å². The molecule has 0 unspecified atom stereocenters. The minimum absolute atomic E-state index is 0.351. The Balaban J connectivity index is 2.66. The number of ether oxygens (including phenoxy) is 1. The molecular weight excluding hydrogens is 228 g/mol. The third kappa shape index (κ3) is 4.33. The monoisotopic (exact) mass is 240 g/mol. The van der Waals surface area contributed by atoms with Crippen molar-refractivity contribution in [2.45, 2.75) is 6.92 Å². The summed E-state index contributed by atoms with van der Waals surface area (Å²) < 4.78 is 4.77. The first-order valence-electron chi connectivity index (χ1n) is 4.83. The van der Waals surface area contributed by atoms with E-state index < -0.39 is 0 Å². The van der Waals surface area contributed by atoms with Crippen LogP contribution >= 0.6 is 11.8 Å². The highest BCUT2D eigenvalue weighted by Crippen LogP contribution is 2.11. The first-order valence-corrected chi connectivity index (χ1v) is 5.20. The van der Waals surface area contributed by atoms with Gasteiger partial charge in [0, 0.05) is 6.08 Å². The predicted molar refractivity (Wildman–Crippen MR) is 64.7 cm³/mol. The first kappa shape index (κ1) is 12.5. The molecule has 1 aromatic rings. The van der Waals surface area contributed by atoms with E-state index in [9.17, 15) is 4.79 Å². The molecule has 1 aromatic carbocycles. The summed E-state index contributed by atoms with van der Waals surface area (Å²) in [5, 5.41) is 0. The van der Waals surface area contributed by atoms with E-state index in [1.807, 2.05) is 24.3 Å². The fourth-order valence-electron chi connectivity index (χ4n) is 1.13. The number of hydrogen-bond acceptors (Lipinski definition) is 4. The van der Waals surface area contributed by atoms with Gasteiger partial charge in [-0.2, -0.15) is 0 Å². The van der Waals surface area contributed by atoms with Crippen LogP contribution in [0.5, 0.6) is 0 Å². The number of esters is 1. The second kappa shape index (κ2) is 6.87. The van der Waals surface area contributed by atoms with Crippen molar-refractivity contribution in [1.29, 1.82) is 0 Å². The van der Waals surface area contributed by atoms with Crippen LogP contribution in [0.3, 0.4) is 0 Å². The van der Waals surface area contributed by atoms with Gasteiger partial charge in [0.2, 0.25) is 0 Å². The molecule has 0 aromatic heterocycles. The Morgan fingerprint density at radius 2 is 2.38 bits per heavy atom. The molecule has 1 rings (SSSR count). The third-order valence-corrected chi connectivity index (χ3v) is 1.87. The lowest BCUT2D eigenvalue weighted by molar-refractivity contribution is -0.137. The zero-order valence-corrected chi connectivity index (χ0v) is 9.62. The molecule has 0 aliphatic heterocycles. The van der Waals surface area contributed by atoms with E-state index in [1.54, 1.807) is 13.0 Å². The average molecular weight is 241 g/mol. The molecule has 0 spiro atoms. The number of carbonyl (C=O) groups is 1. The minimum atomic E-state index is -0.351. The maximum atomic E-state index is 11.1. The Morgan fingerprint density at radius 3 is 3.06 bits per heavy atom. The molecule has 0 heterocycles. The van der Waals surface area contributed by atoms with Crippen LogP contribution in [0.15, 0.2) is 30.3 Å². The molecule has 0 radical (unpaired) electrons. The van der Waals surface area contributed by atoms with Crippen molar-refractivity contribution in [3.63, 3.8) is 0 Å². The molecule has 0 bridgehead atoms. The van der Waals surface area contributed by atoms with Gasteiger partial charge in [-0.1, -0.05) is 12.1 Å². The van der Waals surface area contributed by atoms with Gasteiger partial charge in [0.25, 0.3) is 0 Å². The van der Waals surface area contributed by atoms with Crippen LogP contribution in [-0.4, -0.2) is 12.6 Å².